The van der Waals surface area contributed by atoms with Crippen LogP contribution in [0.2, 0.25) is 0 Å². The molecule has 3 aromatic rings. The first-order valence-electron chi connectivity index (χ1n) is 9.19. The molecule has 0 bridgehead atoms. The number of hydrogen-bond acceptors (Lipinski definition) is 4. The number of benzene rings is 1. The van der Waals surface area contributed by atoms with Crippen molar-refractivity contribution in [2.45, 2.75) is 31.7 Å². The molecule has 0 amide bonds. The van der Waals surface area contributed by atoms with Crippen LogP contribution in [-0.4, -0.2) is 39.3 Å². The number of likely N-dealkylation sites (tertiary alicyclic amines) is 1. The quantitative estimate of drug-likeness (QED) is 0.716. The lowest BCUT2D eigenvalue weighted by molar-refractivity contribution is 0.0697. The smallest absolute Gasteiger partial charge is 0.336 e. The molecule has 3 heterocycles. The van der Waals surface area contributed by atoms with Gasteiger partial charge in [0.1, 0.15) is 11.5 Å². The first-order valence-corrected chi connectivity index (χ1v) is 9.19. The number of aromatic carboxylic acids is 1. The summed E-state index contributed by atoms with van der Waals surface area (Å²) in [6.45, 7) is 4.98. The van der Waals surface area contributed by atoms with Crippen LogP contribution in [0.25, 0.3) is 11.3 Å². The van der Waals surface area contributed by atoms with Crippen LogP contribution in [0.3, 0.4) is 0 Å². The lowest BCUT2D eigenvalue weighted by Crippen LogP contribution is -2.40. The number of nitrogens with one attached hydrogen (secondary N) is 1. The minimum atomic E-state index is -0.947. The molecule has 1 aromatic carbocycles. The average Bonchev–Trinajstić information content (AvgIpc) is 3.36. The van der Waals surface area contributed by atoms with E-state index in [0.29, 0.717) is 11.3 Å². The molecule has 1 aliphatic rings. The van der Waals surface area contributed by atoms with Crippen molar-refractivity contribution in [3.8, 4) is 11.3 Å². The van der Waals surface area contributed by atoms with E-state index in [1.165, 1.54) is 5.69 Å². The van der Waals surface area contributed by atoms with Gasteiger partial charge in [0.2, 0.25) is 0 Å². The Kier molecular flexibility index (Phi) is 4.58. The Morgan fingerprint density at radius 3 is 2.70 bits per heavy atom. The molecule has 6 heteroatoms. The molecule has 0 aliphatic carbocycles. The summed E-state index contributed by atoms with van der Waals surface area (Å²) in [6.07, 6.45) is 3.93. The number of hydrogen-bond donors (Lipinski definition) is 2. The van der Waals surface area contributed by atoms with Crippen LogP contribution in [0.4, 0.5) is 0 Å². The Morgan fingerprint density at radius 1 is 1.22 bits per heavy atom. The van der Waals surface area contributed by atoms with E-state index in [4.69, 9.17) is 4.42 Å². The normalized spacial score (nSPS) is 17.1. The Balaban J connectivity index is 1.43. The summed E-state index contributed by atoms with van der Waals surface area (Å²) in [7, 11) is 0. The fourth-order valence-corrected chi connectivity index (χ4v) is 3.78. The van der Waals surface area contributed by atoms with E-state index in [-0.39, 0.29) is 11.0 Å². The third kappa shape index (κ3) is 3.53. The highest BCUT2D eigenvalue weighted by molar-refractivity contribution is 5.95. The van der Waals surface area contributed by atoms with Gasteiger partial charge in [-0.15, -0.1) is 0 Å². The second kappa shape index (κ2) is 7.04. The number of aromatic amines is 1. The van der Waals surface area contributed by atoms with Crippen LogP contribution >= 0.6 is 0 Å². The van der Waals surface area contributed by atoms with Gasteiger partial charge in [-0.1, -0.05) is 25.1 Å². The highest BCUT2D eigenvalue weighted by atomic mass is 16.4. The monoisotopic (exact) mass is 365 g/mol. The number of H-pyrrole nitrogens is 1. The summed E-state index contributed by atoms with van der Waals surface area (Å²) >= 11 is 0. The molecule has 27 heavy (non-hydrogen) atoms. The van der Waals surface area contributed by atoms with E-state index in [2.05, 4.69) is 28.1 Å². The number of carbonyl (C=O) groups is 1. The van der Waals surface area contributed by atoms with Gasteiger partial charge in [-0.3, -0.25) is 10.00 Å². The molecule has 0 spiro atoms. The maximum Gasteiger partial charge on any atom is 0.336 e. The van der Waals surface area contributed by atoms with Gasteiger partial charge in [-0.05, 0) is 50.2 Å². The van der Waals surface area contributed by atoms with Crippen molar-refractivity contribution in [2.24, 2.45) is 0 Å². The van der Waals surface area contributed by atoms with Gasteiger partial charge in [0, 0.05) is 22.9 Å². The summed E-state index contributed by atoms with van der Waals surface area (Å²) in [6, 6.07) is 12.8. The van der Waals surface area contributed by atoms with Gasteiger partial charge in [0.25, 0.3) is 0 Å². The van der Waals surface area contributed by atoms with Crippen LogP contribution < -0.4 is 0 Å². The van der Waals surface area contributed by atoms with Gasteiger partial charge in [0.05, 0.1) is 12.1 Å². The number of rotatable bonds is 5. The Hall–Kier alpha value is -2.86. The van der Waals surface area contributed by atoms with Crippen molar-refractivity contribution < 1.29 is 14.3 Å². The summed E-state index contributed by atoms with van der Waals surface area (Å²) in [5.41, 5.74) is 2.21. The van der Waals surface area contributed by atoms with Crippen molar-refractivity contribution in [1.82, 2.24) is 15.1 Å². The highest BCUT2D eigenvalue weighted by Gasteiger charge is 2.33. The molecular weight excluding hydrogens is 342 g/mol. The molecule has 2 N–H and O–H groups in total. The molecule has 140 valence electrons. The first-order chi connectivity index (χ1) is 13.0. The van der Waals surface area contributed by atoms with E-state index >= 15 is 0 Å². The third-order valence-corrected chi connectivity index (χ3v) is 5.57. The van der Waals surface area contributed by atoms with Gasteiger partial charge in [-0.2, -0.15) is 5.10 Å². The summed E-state index contributed by atoms with van der Waals surface area (Å²) < 4.78 is 5.97. The van der Waals surface area contributed by atoms with Crippen molar-refractivity contribution in [3.05, 3.63) is 65.7 Å². The number of aromatic nitrogens is 2. The van der Waals surface area contributed by atoms with Crippen LogP contribution in [-0.2, 0) is 12.0 Å². The number of piperidine rings is 1. The van der Waals surface area contributed by atoms with Crippen LogP contribution in [0, 0.1) is 0 Å². The maximum absolute atomic E-state index is 11.4. The SMILES string of the molecule is CC1(c2ccn[nH]2)CCN(Cc2ccc(-c3ccccc3C(=O)O)o2)CC1. The lowest BCUT2D eigenvalue weighted by Gasteiger charge is -2.38. The molecule has 4 rings (SSSR count). The Labute approximate surface area is 157 Å². The number of furan rings is 1. The highest BCUT2D eigenvalue weighted by Crippen LogP contribution is 2.34. The van der Waals surface area contributed by atoms with Gasteiger partial charge < -0.3 is 9.52 Å². The lowest BCUT2D eigenvalue weighted by atomic mass is 9.77. The van der Waals surface area contributed by atoms with Crippen LogP contribution in [0.1, 0.15) is 41.6 Å². The van der Waals surface area contributed by atoms with Crippen molar-refractivity contribution in [1.29, 1.82) is 0 Å². The predicted octanol–water partition coefficient (Wildman–Crippen LogP) is 3.92. The number of carboxylic acids is 1. The molecule has 1 aliphatic heterocycles. The molecule has 1 fully saturated rings. The van der Waals surface area contributed by atoms with E-state index < -0.39 is 5.97 Å². The van der Waals surface area contributed by atoms with E-state index in [1.54, 1.807) is 18.2 Å². The minimum Gasteiger partial charge on any atom is -0.478 e. The fraction of sp³-hybridized carbons (Fsp3) is 0.333. The second-order valence-electron chi connectivity index (χ2n) is 7.42. The molecule has 1 saturated heterocycles. The average molecular weight is 365 g/mol. The second-order valence-corrected chi connectivity index (χ2v) is 7.42. The van der Waals surface area contributed by atoms with E-state index in [0.717, 1.165) is 38.2 Å². The molecule has 0 radical (unpaired) electrons. The zero-order chi connectivity index (χ0) is 18.9. The molecule has 0 atom stereocenters. The van der Waals surface area contributed by atoms with E-state index in [1.807, 2.05) is 24.4 Å². The largest absolute Gasteiger partial charge is 0.478 e. The molecular formula is C21H23N3O3. The first kappa shape index (κ1) is 17.5. The van der Waals surface area contributed by atoms with Crippen molar-refractivity contribution >= 4 is 5.97 Å². The molecule has 0 unspecified atom stereocenters. The zero-order valence-corrected chi connectivity index (χ0v) is 15.3. The fourth-order valence-electron chi connectivity index (χ4n) is 3.78. The maximum atomic E-state index is 11.4. The summed E-state index contributed by atoms with van der Waals surface area (Å²) in [5, 5.41) is 16.6. The predicted molar refractivity (Wildman–Crippen MR) is 102 cm³/mol. The minimum absolute atomic E-state index is 0.141. The number of carboxylic acid groups (broad SMARTS) is 1. The zero-order valence-electron chi connectivity index (χ0n) is 15.3. The Bertz CT molecular complexity index is 922. The topological polar surface area (TPSA) is 82.4 Å². The molecule has 2 aromatic heterocycles. The Morgan fingerprint density at radius 2 is 2.00 bits per heavy atom. The van der Waals surface area contributed by atoms with Crippen LogP contribution in [0.5, 0.6) is 0 Å². The third-order valence-electron chi connectivity index (χ3n) is 5.57. The van der Waals surface area contributed by atoms with Crippen molar-refractivity contribution in [2.75, 3.05) is 13.1 Å². The summed E-state index contributed by atoms with van der Waals surface area (Å²) in [5.74, 6) is 0.510. The molecule has 6 nitrogen and oxygen atoms in total. The van der Waals surface area contributed by atoms with Gasteiger partial charge >= 0.3 is 5.97 Å². The number of nitrogens with zero attached hydrogens (tertiary/aromatic N) is 2. The van der Waals surface area contributed by atoms with Gasteiger partial charge in [0.15, 0.2) is 0 Å². The molecule has 0 saturated carbocycles. The summed E-state index contributed by atoms with van der Waals surface area (Å²) in [4.78, 5) is 13.8. The van der Waals surface area contributed by atoms with E-state index in [9.17, 15) is 9.90 Å². The van der Waals surface area contributed by atoms with Gasteiger partial charge in [-0.25, -0.2) is 4.79 Å². The van der Waals surface area contributed by atoms with Crippen LogP contribution in [0.15, 0.2) is 53.1 Å². The standard InChI is InChI=1S/C21H23N3O3/c1-21(19-8-11-22-23-19)9-12-24(13-10-21)14-15-6-7-18(27-15)16-4-2-3-5-17(16)20(25)26/h2-8,11H,9-10,12-14H2,1H3,(H,22,23)(H,25,26). The van der Waals surface area contributed by atoms with Crippen molar-refractivity contribution in [3.63, 3.8) is 0 Å².